The highest BCUT2D eigenvalue weighted by Crippen LogP contribution is 2.43. The normalized spacial score (nSPS) is 13.5. The first-order valence-corrected chi connectivity index (χ1v) is 9.90. The summed E-state index contributed by atoms with van der Waals surface area (Å²) in [6.07, 6.45) is -5.02. The fourth-order valence-corrected chi connectivity index (χ4v) is 3.13. The topological polar surface area (TPSA) is 73.4 Å². The number of anilines is 1. The molecule has 2 aromatic carbocycles. The Bertz CT molecular complexity index is 872. The van der Waals surface area contributed by atoms with Gasteiger partial charge in [-0.05, 0) is 42.3 Å². The van der Waals surface area contributed by atoms with Crippen molar-refractivity contribution in [3.05, 3.63) is 62.6 Å². The van der Waals surface area contributed by atoms with E-state index in [1.807, 2.05) is 0 Å². The Morgan fingerprint density at radius 3 is 2.10 bits per heavy atom. The summed E-state index contributed by atoms with van der Waals surface area (Å²) in [5.41, 5.74) is -2.71. The highest BCUT2D eigenvalue weighted by Gasteiger charge is 2.55. The number of benzene rings is 2. The molecule has 0 radical (unpaired) electrons. The van der Waals surface area contributed by atoms with Gasteiger partial charge in [-0.25, -0.2) is 4.79 Å². The van der Waals surface area contributed by atoms with E-state index in [9.17, 15) is 23.1 Å². The minimum Gasteiger partial charge on any atom is -0.381 e. The summed E-state index contributed by atoms with van der Waals surface area (Å²) in [6, 6.07) is 7.88. The number of amides is 2. The third-order valence-corrected chi connectivity index (χ3v) is 5.42. The molecule has 2 rings (SSSR count). The number of rotatable bonds is 7. The number of halogens is 6. The van der Waals surface area contributed by atoms with Gasteiger partial charge >= 0.3 is 12.2 Å². The first-order chi connectivity index (χ1) is 14.0. The van der Waals surface area contributed by atoms with Gasteiger partial charge in [0.1, 0.15) is 0 Å². The van der Waals surface area contributed by atoms with Crippen LogP contribution in [-0.4, -0.2) is 30.4 Å². The lowest BCUT2D eigenvalue weighted by molar-refractivity contribution is -0.260. The molecule has 0 saturated heterocycles. The van der Waals surface area contributed by atoms with Gasteiger partial charge in [-0.3, -0.25) is 0 Å². The highest BCUT2D eigenvalue weighted by atomic mass is 35.5. The Kier molecular flexibility index (Phi) is 8.10. The van der Waals surface area contributed by atoms with E-state index < -0.39 is 23.9 Å². The summed E-state index contributed by atoms with van der Waals surface area (Å²) in [5, 5.41) is 17.7. The maximum absolute atomic E-state index is 13.7. The SMILES string of the molecule is CCNC(=O)NCc1ccc(NC[C@@](O)(c2cc(Cl)c(Cl)c(Cl)c2)C(F)(F)F)cc1. The minimum atomic E-state index is -5.02. The van der Waals surface area contributed by atoms with Crippen LogP contribution in [0.2, 0.25) is 15.1 Å². The Hall–Kier alpha value is -1.87. The van der Waals surface area contributed by atoms with Crippen LogP contribution in [0.15, 0.2) is 36.4 Å². The molecule has 2 aromatic rings. The van der Waals surface area contributed by atoms with Crippen molar-refractivity contribution in [1.82, 2.24) is 10.6 Å². The number of alkyl halides is 3. The summed E-state index contributed by atoms with van der Waals surface area (Å²) in [4.78, 5) is 11.4. The number of carbonyl (C=O) groups is 1. The number of urea groups is 1. The summed E-state index contributed by atoms with van der Waals surface area (Å²) in [6.45, 7) is 1.64. The molecule has 5 nitrogen and oxygen atoms in total. The number of aliphatic hydroxyl groups is 1. The molecule has 0 aromatic heterocycles. The predicted molar refractivity (Wildman–Crippen MR) is 112 cm³/mol. The van der Waals surface area contributed by atoms with Crippen molar-refractivity contribution in [2.45, 2.75) is 25.2 Å². The number of nitrogens with one attached hydrogen (secondary N) is 3. The highest BCUT2D eigenvalue weighted by molar-refractivity contribution is 6.48. The van der Waals surface area contributed by atoms with Gasteiger partial charge in [0.2, 0.25) is 5.60 Å². The summed E-state index contributed by atoms with van der Waals surface area (Å²) in [7, 11) is 0. The summed E-state index contributed by atoms with van der Waals surface area (Å²) < 4.78 is 41.1. The third kappa shape index (κ3) is 5.85. The number of carbonyl (C=O) groups excluding carboxylic acids is 1. The second-order valence-electron chi connectivity index (χ2n) is 6.38. The van der Waals surface area contributed by atoms with E-state index in [1.165, 1.54) is 12.1 Å². The largest absolute Gasteiger partial charge is 0.423 e. The van der Waals surface area contributed by atoms with Crippen molar-refractivity contribution in [2.24, 2.45) is 0 Å². The smallest absolute Gasteiger partial charge is 0.381 e. The second-order valence-corrected chi connectivity index (χ2v) is 7.57. The third-order valence-electron chi connectivity index (χ3n) is 4.22. The van der Waals surface area contributed by atoms with Gasteiger partial charge in [0.15, 0.2) is 0 Å². The van der Waals surface area contributed by atoms with E-state index in [4.69, 9.17) is 34.8 Å². The second kappa shape index (κ2) is 9.96. The maximum atomic E-state index is 13.7. The van der Waals surface area contributed by atoms with Crippen molar-refractivity contribution in [3.8, 4) is 0 Å². The van der Waals surface area contributed by atoms with E-state index >= 15 is 0 Å². The van der Waals surface area contributed by atoms with Crippen LogP contribution in [0.4, 0.5) is 23.7 Å². The van der Waals surface area contributed by atoms with Crippen LogP contribution < -0.4 is 16.0 Å². The quantitative estimate of drug-likeness (QED) is 0.402. The van der Waals surface area contributed by atoms with Crippen LogP contribution in [0.25, 0.3) is 0 Å². The van der Waals surface area contributed by atoms with Crippen molar-refractivity contribution in [3.63, 3.8) is 0 Å². The maximum Gasteiger partial charge on any atom is 0.423 e. The lowest BCUT2D eigenvalue weighted by atomic mass is 9.92. The Balaban J connectivity index is 2.14. The molecule has 2 amide bonds. The summed E-state index contributed by atoms with van der Waals surface area (Å²) >= 11 is 17.5. The monoisotopic (exact) mass is 483 g/mol. The molecule has 0 spiro atoms. The lowest BCUT2D eigenvalue weighted by Gasteiger charge is -2.32. The molecule has 164 valence electrons. The van der Waals surface area contributed by atoms with Gasteiger partial charge in [0.05, 0.1) is 21.6 Å². The lowest BCUT2D eigenvalue weighted by Crippen LogP contribution is -2.47. The van der Waals surface area contributed by atoms with Gasteiger partial charge in [-0.1, -0.05) is 46.9 Å². The molecule has 0 aliphatic rings. The van der Waals surface area contributed by atoms with Crippen molar-refractivity contribution >= 4 is 46.5 Å². The average Bonchev–Trinajstić information content (AvgIpc) is 2.68. The van der Waals surface area contributed by atoms with Crippen molar-refractivity contribution in [2.75, 3.05) is 18.4 Å². The Labute approximate surface area is 186 Å². The molecule has 11 heteroatoms. The summed E-state index contributed by atoms with van der Waals surface area (Å²) in [5.74, 6) is 0. The van der Waals surface area contributed by atoms with E-state index in [0.29, 0.717) is 12.2 Å². The molecular formula is C19H19Cl3F3N3O2. The number of hydrogen-bond acceptors (Lipinski definition) is 3. The molecule has 30 heavy (non-hydrogen) atoms. The van der Waals surface area contributed by atoms with Crippen molar-refractivity contribution in [1.29, 1.82) is 0 Å². The van der Waals surface area contributed by atoms with E-state index in [0.717, 1.165) is 17.7 Å². The minimum absolute atomic E-state index is 0.101. The molecule has 0 unspecified atom stereocenters. The van der Waals surface area contributed by atoms with Crippen LogP contribution in [-0.2, 0) is 12.1 Å². The molecular weight excluding hydrogens is 466 g/mol. The zero-order valence-electron chi connectivity index (χ0n) is 15.7. The molecule has 1 atom stereocenters. The molecule has 0 heterocycles. The molecule has 0 saturated carbocycles. The van der Waals surface area contributed by atoms with E-state index in [-0.39, 0.29) is 27.6 Å². The molecule has 4 N–H and O–H groups in total. The number of hydrogen-bond donors (Lipinski definition) is 4. The van der Waals surface area contributed by atoms with Crippen LogP contribution in [0.3, 0.4) is 0 Å². The molecule has 0 fully saturated rings. The Morgan fingerprint density at radius 2 is 1.60 bits per heavy atom. The van der Waals surface area contributed by atoms with Gasteiger partial charge in [0.25, 0.3) is 0 Å². The van der Waals surface area contributed by atoms with Crippen LogP contribution in [0.1, 0.15) is 18.1 Å². The fourth-order valence-electron chi connectivity index (χ4n) is 2.54. The van der Waals surface area contributed by atoms with Gasteiger partial charge in [0, 0.05) is 18.8 Å². The molecule has 0 aliphatic heterocycles. The first-order valence-electron chi connectivity index (χ1n) is 8.76. The first kappa shape index (κ1) is 24.4. The fraction of sp³-hybridized carbons (Fsp3) is 0.316. The van der Waals surface area contributed by atoms with Gasteiger partial charge in [-0.15, -0.1) is 0 Å². The van der Waals surface area contributed by atoms with Gasteiger partial charge in [-0.2, -0.15) is 13.2 Å². The van der Waals surface area contributed by atoms with Crippen molar-refractivity contribution < 1.29 is 23.1 Å². The zero-order valence-corrected chi connectivity index (χ0v) is 18.0. The zero-order chi connectivity index (χ0) is 22.5. The average molecular weight is 485 g/mol. The van der Waals surface area contributed by atoms with Gasteiger partial charge < -0.3 is 21.1 Å². The molecule has 0 aliphatic carbocycles. The Morgan fingerprint density at radius 1 is 1.03 bits per heavy atom. The predicted octanol–water partition coefficient (Wildman–Crippen LogP) is 5.33. The standard InChI is InChI=1S/C19H19Cl3F3N3O2/c1-2-26-17(29)27-9-11-3-5-13(6-4-11)28-10-18(30,19(23,24)25)12-7-14(20)16(22)15(21)8-12/h3-8,28,30H,2,9-10H2,1H3,(H2,26,27,29)/t18-/m1/s1. The van der Waals surface area contributed by atoms with Crippen LogP contribution in [0, 0.1) is 0 Å². The van der Waals surface area contributed by atoms with Crippen LogP contribution in [0.5, 0.6) is 0 Å². The van der Waals surface area contributed by atoms with E-state index in [2.05, 4.69) is 16.0 Å². The van der Waals surface area contributed by atoms with Crippen LogP contribution >= 0.6 is 34.8 Å². The molecule has 0 bridgehead atoms. The van der Waals surface area contributed by atoms with E-state index in [1.54, 1.807) is 19.1 Å².